The largest absolute Gasteiger partial charge is 0.381 e. The molecular formula is C9H14ClNO2. The normalized spacial score (nSPS) is 37.1. The Hall–Kier alpha value is -0.280. The molecule has 3 nitrogen and oxygen atoms in total. The first kappa shape index (κ1) is 9.28. The minimum atomic E-state index is 0.0610. The van der Waals surface area contributed by atoms with Gasteiger partial charge in [0.25, 0.3) is 0 Å². The number of halogens is 1. The Morgan fingerprint density at radius 3 is 2.62 bits per heavy atom. The van der Waals surface area contributed by atoms with Crippen molar-refractivity contribution in [1.82, 2.24) is 4.90 Å². The highest BCUT2D eigenvalue weighted by molar-refractivity contribution is 6.27. The van der Waals surface area contributed by atoms with Crippen molar-refractivity contribution in [3.63, 3.8) is 0 Å². The number of ether oxygens (including phenoxy) is 1. The Kier molecular flexibility index (Phi) is 2.47. The lowest BCUT2D eigenvalue weighted by molar-refractivity contribution is -0.153. The highest BCUT2D eigenvalue weighted by atomic mass is 35.5. The third-order valence-electron chi connectivity index (χ3n) is 3.18. The highest BCUT2D eigenvalue weighted by Crippen LogP contribution is 2.41. The predicted octanol–water partition coefficient (Wildman–Crippen LogP) is 0.718. The molecule has 0 radical (unpaired) electrons. The topological polar surface area (TPSA) is 29.5 Å². The van der Waals surface area contributed by atoms with Crippen molar-refractivity contribution in [3.05, 3.63) is 0 Å². The molecule has 2 bridgehead atoms. The summed E-state index contributed by atoms with van der Waals surface area (Å²) in [6, 6.07) is 0. The third kappa shape index (κ3) is 1.44. The molecule has 74 valence electrons. The van der Waals surface area contributed by atoms with Crippen LogP contribution in [0.15, 0.2) is 0 Å². The Balaban J connectivity index is 1.92. The molecule has 1 aliphatic carbocycles. The molecule has 0 aromatic rings. The number of hydrogen-bond donors (Lipinski definition) is 0. The van der Waals surface area contributed by atoms with E-state index in [1.165, 1.54) is 6.42 Å². The maximum absolute atomic E-state index is 11.3. The van der Waals surface area contributed by atoms with E-state index in [0.717, 1.165) is 13.1 Å². The van der Waals surface area contributed by atoms with Gasteiger partial charge in [-0.25, -0.2) is 0 Å². The highest BCUT2D eigenvalue weighted by Gasteiger charge is 2.47. The Morgan fingerprint density at radius 1 is 1.54 bits per heavy atom. The van der Waals surface area contributed by atoms with Crippen molar-refractivity contribution in [2.24, 2.45) is 11.8 Å². The second-order valence-corrected chi connectivity index (χ2v) is 4.16. The number of fused-ring (bicyclic) bond motifs is 2. The molecule has 2 aliphatic heterocycles. The maximum Gasteiger partial charge on any atom is 0.237 e. The molecule has 0 unspecified atom stereocenters. The van der Waals surface area contributed by atoms with Crippen molar-refractivity contribution in [1.29, 1.82) is 0 Å². The second kappa shape index (κ2) is 3.46. The average Bonchev–Trinajstić information content (AvgIpc) is 2.17. The zero-order chi connectivity index (χ0) is 9.42. The van der Waals surface area contributed by atoms with E-state index in [1.807, 2.05) is 4.90 Å². The molecule has 4 heteroatoms. The van der Waals surface area contributed by atoms with Gasteiger partial charge in [-0.15, -0.1) is 11.6 Å². The molecule has 0 aromatic carbocycles. The van der Waals surface area contributed by atoms with Crippen LogP contribution in [0, 0.1) is 11.8 Å². The zero-order valence-electron chi connectivity index (χ0n) is 7.70. The summed E-state index contributed by atoms with van der Waals surface area (Å²) >= 11 is 5.50. The van der Waals surface area contributed by atoms with Crippen LogP contribution in [0.25, 0.3) is 0 Å². The number of nitrogens with zero attached hydrogens (tertiary/aromatic N) is 1. The Labute approximate surface area is 83.0 Å². The van der Waals surface area contributed by atoms with E-state index < -0.39 is 0 Å². The summed E-state index contributed by atoms with van der Waals surface area (Å²) in [5.41, 5.74) is 0. The van der Waals surface area contributed by atoms with Gasteiger partial charge in [0.15, 0.2) is 0 Å². The molecule has 3 fully saturated rings. The van der Waals surface area contributed by atoms with Gasteiger partial charge in [0.2, 0.25) is 5.91 Å². The van der Waals surface area contributed by atoms with E-state index in [1.54, 1.807) is 7.11 Å². The van der Waals surface area contributed by atoms with Gasteiger partial charge in [-0.05, 0) is 6.42 Å². The van der Waals surface area contributed by atoms with Gasteiger partial charge in [-0.3, -0.25) is 4.79 Å². The lowest BCUT2D eigenvalue weighted by atomic mass is 9.68. The Morgan fingerprint density at radius 2 is 2.15 bits per heavy atom. The number of methoxy groups -OCH3 is 1. The van der Waals surface area contributed by atoms with E-state index in [9.17, 15) is 4.79 Å². The van der Waals surface area contributed by atoms with Crippen LogP contribution in [0.1, 0.15) is 6.42 Å². The van der Waals surface area contributed by atoms with E-state index in [2.05, 4.69) is 0 Å². The number of carbonyl (C=O) groups excluding carboxylic acids is 1. The molecule has 2 atom stereocenters. The molecule has 1 amide bonds. The van der Waals surface area contributed by atoms with Crippen molar-refractivity contribution in [2.45, 2.75) is 12.5 Å². The SMILES string of the molecule is COC1[C@H]2C[C@H]1CN(C(=O)CCl)C2. The van der Waals surface area contributed by atoms with Gasteiger partial charge in [-0.2, -0.15) is 0 Å². The molecule has 0 aromatic heterocycles. The van der Waals surface area contributed by atoms with Crippen LogP contribution in [0.2, 0.25) is 0 Å². The van der Waals surface area contributed by atoms with E-state index in [-0.39, 0.29) is 11.8 Å². The molecule has 1 saturated carbocycles. The fourth-order valence-corrected chi connectivity index (χ4v) is 2.69. The van der Waals surface area contributed by atoms with Crippen LogP contribution in [0.4, 0.5) is 0 Å². The van der Waals surface area contributed by atoms with Crippen LogP contribution >= 0.6 is 11.6 Å². The lowest BCUT2D eigenvalue weighted by Crippen LogP contribution is -2.60. The summed E-state index contributed by atoms with van der Waals surface area (Å²) in [5.74, 6) is 1.27. The number of alkyl halides is 1. The average molecular weight is 204 g/mol. The van der Waals surface area contributed by atoms with Crippen molar-refractivity contribution < 1.29 is 9.53 Å². The molecule has 0 N–H and O–H groups in total. The van der Waals surface area contributed by atoms with Crippen LogP contribution in [-0.2, 0) is 9.53 Å². The first-order valence-electron chi connectivity index (χ1n) is 4.62. The van der Waals surface area contributed by atoms with E-state index in [0.29, 0.717) is 17.9 Å². The predicted molar refractivity (Wildman–Crippen MR) is 49.7 cm³/mol. The summed E-state index contributed by atoms with van der Waals surface area (Å²) in [6.45, 7) is 1.67. The Bertz CT molecular complexity index is 210. The molecule has 3 rings (SSSR count). The van der Waals surface area contributed by atoms with E-state index in [4.69, 9.17) is 16.3 Å². The first-order valence-corrected chi connectivity index (χ1v) is 5.16. The smallest absolute Gasteiger partial charge is 0.237 e. The summed E-state index contributed by atoms with van der Waals surface area (Å²) in [5, 5.41) is 0. The molecule has 3 aliphatic rings. The molecular weight excluding hydrogens is 190 g/mol. The maximum atomic E-state index is 11.3. The standard InChI is InChI=1S/C9H14ClNO2/c1-13-9-6-2-7(9)5-11(4-6)8(12)3-10/h6-7,9H,2-5H2,1H3/t6-,7-/m0/s1. The van der Waals surface area contributed by atoms with Crippen LogP contribution in [0.5, 0.6) is 0 Å². The summed E-state index contributed by atoms with van der Waals surface area (Å²) < 4.78 is 5.34. The van der Waals surface area contributed by atoms with Gasteiger partial charge in [0.05, 0.1) is 6.10 Å². The summed E-state index contributed by atoms with van der Waals surface area (Å²) in [6.07, 6.45) is 1.60. The van der Waals surface area contributed by atoms with Crippen LogP contribution in [0.3, 0.4) is 0 Å². The summed E-state index contributed by atoms with van der Waals surface area (Å²) in [7, 11) is 1.75. The number of rotatable bonds is 2. The van der Waals surface area contributed by atoms with Crippen LogP contribution in [-0.4, -0.2) is 43.0 Å². The van der Waals surface area contributed by atoms with Crippen molar-refractivity contribution in [2.75, 3.05) is 26.1 Å². The molecule has 0 spiro atoms. The quantitative estimate of drug-likeness (QED) is 0.619. The monoisotopic (exact) mass is 203 g/mol. The fraction of sp³-hybridized carbons (Fsp3) is 0.889. The zero-order valence-corrected chi connectivity index (χ0v) is 8.46. The van der Waals surface area contributed by atoms with Gasteiger partial charge < -0.3 is 9.64 Å². The fourth-order valence-electron chi connectivity index (χ4n) is 2.52. The van der Waals surface area contributed by atoms with Crippen molar-refractivity contribution in [3.8, 4) is 0 Å². The van der Waals surface area contributed by atoms with Crippen molar-refractivity contribution >= 4 is 17.5 Å². The molecule has 2 saturated heterocycles. The minimum Gasteiger partial charge on any atom is -0.381 e. The van der Waals surface area contributed by atoms with E-state index >= 15 is 0 Å². The second-order valence-electron chi connectivity index (χ2n) is 3.89. The number of hydrogen-bond acceptors (Lipinski definition) is 2. The van der Waals surface area contributed by atoms with Gasteiger partial charge in [0, 0.05) is 32.0 Å². The lowest BCUT2D eigenvalue weighted by Gasteiger charge is -2.52. The number of carbonyl (C=O) groups is 1. The summed E-state index contributed by atoms with van der Waals surface area (Å²) in [4.78, 5) is 13.1. The minimum absolute atomic E-state index is 0.0610. The van der Waals surface area contributed by atoms with Gasteiger partial charge >= 0.3 is 0 Å². The molecule has 13 heavy (non-hydrogen) atoms. The number of piperidine rings is 2. The first-order chi connectivity index (χ1) is 6.26. The van der Waals surface area contributed by atoms with Gasteiger partial charge in [0.1, 0.15) is 5.88 Å². The number of amides is 1. The third-order valence-corrected chi connectivity index (χ3v) is 3.41. The molecule has 2 heterocycles. The van der Waals surface area contributed by atoms with Gasteiger partial charge in [-0.1, -0.05) is 0 Å². The van der Waals surface area contributed by atoms with Crippen LogP contribution < -0.4 is 0 Å².